The number of fused-ring (bicyclic) bond motifs is 2. The lowest BCUT2D eigenvalue weighted by atomic mass is 9.52. The van der Waals surface area contributed by atoms with E-state index in [0.717, 1.165) is 32.2 Å². The Bertz CT molecular complexity index is 1170. The molecule has 0 aromatic heterocycles. The predicted molar refractivity (Wildman–Crippen MR) is 176 cm³/mol. The molecule has 2 saturated heterocycles. The molecule has 0 bridgehead atoms. The van der Waals surface area contributed by atoms with Crippen LogP contribution < -0.4 is 27.1 Å². The van der Waals surface area contributed by atoms with Gasteiger partial charge in [-0.1, -0.05) is 0 Å². The molecule has 0 spiro atoms. The van der Waals surface area contributed by atoms with Crippen LogP contribution in [0.1, 0.15) is 51.4 Å². The van der Waals surface area contributed by atoms with Gasteiger partial charge in [-0.05, 0) is 50.4 Å². The first-order valence-corrected chi connectivity index (χ1v) is 18.4. The van der Waals surface area contributed by atoms with Crippen molar-refractivity contribution in [3.05, 3.63) is 0 Å². The van der Waals surface area contributed by atoms with E-state index in [1.165, 1.54) is 7.11 Å². The van der Waals surface area contributed by atoms with Crippen LogP contribution in [0.3, 0.4) is 0 Å². The average Bonchev–Trinajstić information content (AvgIpc) is 3.11. The topological polar surface area (TPSA) is 278 Å². The lowest BCUT2D eigenvalue weighted by Gasteiger charge is -2.53. The van der Waals surface area contributed by atoms with Gasteiger partial charge in [0.25, 0.3) is 0 Å². The Morgan fingerprint density at radius 3 is 2.40 bits per heavy atom. The standard InChI is InChI=1S/C34H59N5O11/c1-37-34(36)39-13-21-17(8-15(4-3-7-40)16-5-6-24(35)38-12-16)9-19-26(28(21)43)30(45)25-20(27(19)42)10-18(48-2)11-22(25)49-33-32(47)31(46)29(44)23(14-41)50-33/h15-26,28-29,31-33,38,40-41,43-44,46-47H,3-14,35H2,1-2H3,(H3,36,37,39)/p+2. The van der Waals surface area contributed by atoms with Gasteiger partial charge in [0.1, 0.15) is 42.1 Å². The van der Waals surface area contributed by atoms with Crippen LogP contribution in [0.4, 0.5) is 0 Å². The van der Waals surface area contributed by atoms with Crippen molar-refractivity contribution in [3.63, 3.8) is 0 Å². The van der Waals surface area contributed by atoms with Crippen LogP contribution >= 0.6 is 0 Å². The fourth-order valence-electron chi connectivity index (χ4n) is 9.72. The molecule has 3 aliphatic carbocycles. The normalized spacial score (nSPS) is 44.7. The van der Waals surface area contributed by atoms with Gasteiger partial charge in [-0.25, -0.2) is 0 Å². The molecule has 286 valence electrons. The number of piperidine rings is 1. The van der Waals surface area contributed by atoms with Crippen molar-refractivity contribution in [2.24, 2.45) is 58.8 Å². The van der Waals surface area contributed by atoms with Gasteiger partial charge in [0.15, 0.2) is 6.29 Å². The smallest absolute Gasteiger partial charge is 0.340 e. The molecule has 17 atom stereocenters. The van der Waals surface area contributed by atoms with E-state index in [0.29, 0.717) is 31.1 Å². The number of hydrogen-bond donors (Lipinski definition) is 11. The molecule has 0 aromatic carbocycles. The Hall–Kier alpha value is -1.83. The van der Waals surface area contributed by atoms with E-state index in [1.54, 1.807) is 7.05 Å². The van der Waals surface area contributed by atoms with Crippen LogP contribution in [0.25, 0.3) is 0 Å². The lowest BCUT2D eigenvalue weighted by molar-refractivity contribution is -0.704. The second kappa shape index (κ2) is 17.3. The van der Waals surface area contributed by atoms with Gasteiger partial charge in [-0.2, -0.15) is 0 Å². The number of aliphatic hydroxyl groups is 6. The van der Waals surface area contributed by atoms with Crippen LogP contribution in [0, 0.1) is 47.3 Å². The van der Waals surface area contributed by atoms with E-state index in [9.17, 15) is 40.2 Å². The highest BCUT2D eigenvalue weighted by molar-refractivity contribution is 6.00. The first-order valence-electron chi connectivity index (χ1n) is 18.4. The van der Waals surface area contributed by atoms with Gasteiger partial charge in [0, 0.05) is 50.2 Å². The summed E-state index contributed by atoms with van der Waals surface area (Å²) in [6.07, 6.45) is -5.22. The van der Waals surface area contributed by atoms with Crippen LogP contribution in [-0.4, -0.2) is 144 Å². The Balaban J connectivity index is 1.42. The molecular formula is C34H61N5O11+2. The highest BCUT2D eigenvalue weighted by Gasteiger charge is 2.61. The van der Waals surface area contributed by atoms with Gasteiger partial charge >= 0.3 is 5.96 Å². The Kier molecular flexibility index (Phi) is 13.6. The maximum Gasteiger partial charge on any atom is 0.340 e. The van der Waals surface area contributed by atoms with Gasteiger partial charge in [0.2, 0.25) is 0 Å². The molecule has 0 aromatic rings. The number of ketones is 2. The fourth-order valence-corrected chi connectivity index (χ4v) is 9.72. The minimum atomic E-state index is -1.68. The predicted octanol–water partition coefficient (Wildman–Crippen LogP) is -5.75. The molecule has 16 heteroatoms. The number of aliphatic hydroxyl groups excluding tert-OH is 6. The molecule has 50 heavy (non-hydrogen) atoms. The molecule has 17 unspecified atom stereocenters. The van der Waals surface area contributed by atoms with Crippen molar-refractivity contribution in [1.82, 2.24) is 5.32 Å². The maximum absolute atomic E-state index is 14.6. The number of quaternary nitrogens is 1. The van der Waals surface area contributed by atoms with E-state index in [2.05, 4.69) is 15.6 Å². The molecule has 0 amide bonds. The van der Waals surface area contributed by atoms with Crippen LogP contribution in [-0.2, 0) is 23.8 Å². The number of nitrogens with one attached hydrogen (secondary N) is 2. The number of ether oxygens (including phenoxy) is 3. The number of hydrogen-bond acceptors (Lipinski definition) is 12. The van der Waals surface area contributed by atoms with E-state index in [4.69, 9.17) is 25.7 Å². The average molecular weight is 716 g/mol. The molecule has 5 rings (SSSR count). The molecule has 3 saturated carbocycles. The number of rotatable bonds is 12. The maximum atomic E-state index is 14.6. The molecule has 16 nitrogen and oxygen atoms in total. The summed E-state index contributed by atoms with van der Waals surface area (Å²) >= 11 is 0. The summed E-state index contributed by atoms with van der Waals surface area (Å²) in [7, 11) is 3.19. The van der Waals surface area contributed by atoms with Crippen molar-refractivity contribution < 1.29 is 64.7 Å². The number of Topliss-reactive ketones (excluding diaryl/α,β-unsaturated/α-hetero) is 2. The summed E-state index contributed by atoms with van der Waals surface area (Å²) in [5.41, 5.74) is 12.2. The van der Waals surface area contributed by atoms with Crippen LogP contribution in [0.15, 0.2) is 0 Å². The summed E-state index contributed by atoms with van der Waals surface area (Å²) in [6, 6.07) is 0. The number of methoxy groups -OCH3 is 1. The van der Waals surface area contributed by atoms with Gasteiger partial charge < -0.3 is 50.2 Å². The first-order chi connectivity index (χ1) is 23.9. The second-order valence-corrected chi connectivity index (χ2v) is 15.3. The monoisotopic (exact) mass is 715 g/mol. The van der Waals surface area contributed by atoms with E-state index in [-0.39, 0.29) is 49.1 Å². The summed E-state index contributed by atoms with van der Waals surface area (Å²) in [5.74, 6) is -3.43. The SMILES string of the molecule is C[NH+]=C(N)NCC1C(CC(CCCO)C2CCC(N)[NH2+]C2)CC2C(=O)C3CC(OC)CC(OC4OC(CO)C(O)C(O)C4O)C3C(=O)C2C1O. The van der Waals surface area contributed by atoms with Gasteiger partial charge in [-0.15, -0.1) is 0 Å². The Labute approximate surface area is 293 Å². The summed E-state index contributed by atoms with van der Waals surface area (Å²) < 4.78 is 17.5. The van der Waals surface area contributed by atoms with Crippen molar-refractivity contribution >= 4 is 17.5 Å². The Morgan fingerprint density at radius 2 is 1.76 bits per heavy atom. The highest BCUT2D eigenvalue weighted by Crippen LogP contribution is 2.52. The summed E-state index contributed by atoms with van der Waals surface area (Å²) in [5, 5.41) is 68.3. The van der Waals surface area contributed by atoms with Crippen molar-refractivity contribution in [3.8, 4) is 0 Å². The third-order valence-electron chi connectivity index (χ3n) is 12.5. The van der Waals surface area contributed by atoms with E-state index in [1.807, 2.05) is 0 Å². The molecule has 14 N–H and O–H groups in total. The van der Waals surface area contributed by atoms with Crippen LogP contribution in [0.5, 0.6) is 0 Å². The zero-order chi connectivity index (χ0) is 36.3. The molecule has 0 radical (unpaired) electrons. The molecule has 5 fully saturated rings. The molecule has 5 aliphatic rings. The third-order valence-corrected chi connectivity index (χ3v) is 12.5. The number of guanidine groups is 1. The number of nitrogens with two attached hydrogens (primary N) is 3. The largest absolute Gasteiger partial charge is 0.396 e. The van der Waals surface area contributed by atoms with Crippen molar-refractivity contribution in [1.29, 1.82) is 0 Å². The molecule has 2 aliphatic heterocycles. The van der Waals surface area contributed by atoms with Gasteiger partial charge in [0.05, 0.1) is 56.9 Å². The third kappa shape index (κ3) is 8.20. The molecular weight excluding hydrogens is 654 g/mol. The number of carbonyl (C=O) groups is 2. The quantitative estimate of drug-likeness (QED) is 0.0664. The zero-order valence-corrected chi connectivity index (χ0v) is 29.3. The van der Waals surface area contributed by atoms with Crippen molar-refractivity contribution in [2.75, 3.05) is 40.5 Å². The second-order valence-electron chi connectivity index (χ2n) is 15.3. The fraction of sp³-hybridized carbons (Fsp3) is 0.912. The van der Waals surface area contributed by atoms with Crippen LogP contribution in [0.2, 0.25) is 0 Å². The van der Waals surface area contributed by atoms with Gasteiger partial charge in [-0.3, -0.25) is 31.4 Å². The number of carbonyl (C=O) groups excluding carboxylic acids is 2. The van der Waals surface area contributed by atoms with Crippen molar-refractivity contribution in [2.45, 2.75) is 107 Å². The Morgan fingerprint density at radius 1 is 1.02 bits per heavy atom. The minimum absolute atomic E-state index is 0.0674. The lowest BCUT2D eigenvalue weighted by Crippen LogP contribution is -2.95. The summed E-state index contributed by atoms with van der Waals surface area (Å²) in [4.78, 5) is 32.0. The summed E-state index contributed by atoms with van der Waals surface area (Å²) in [6.45, 7) is 0.584. The first kappa shape index (κ1) is 39.4. The highest BCUT2D eigenvalue weighted by atomic mass is 16.7. The molecule has 2 heterocycles. The minimum Gasteiger partial charge on any atom is -0.396 e. The zero-order valence-electron chi connectivity index (χ0n) is 29.3. The van der Waals surface area contributed by atoms with E-state index >= 15 is 0 Å². The van der Waals surface area contributed by atoms with E-state index < -0.39 is 85.2 Å².